The van der Waals surface area contributed by atoms with Crippen LogP contribution in [0.25, 0.3) is 10.9 Å². The van der Waals surface area contributed by atoms with E-state index in [1.807, 2.05) is 91.1 Å². The van der Waals surface area contributed by atoms with Crippen LogP contribution in [0.1, 0.15) is 55.7 Å². The standard InChI is InChI=1S/C39H41N3O4/c1-38(25-30-26-40-35-21-10-9-20-34(30)35,36(43)41-28-39(22-11-4-12-23-39)31-15-5-2-6-16-31)42-37(44)45-27-29-14-13-19-33(24-29)46-32-17-7-3-8-18-32/h2-3,5-10,13-21,24,26,40H,4,11-12,22-23,25,27-28H2,1H3,(H,41,43)(H,42,44). The van der Waals surface area contributed by atoms with Gasteiger partial charge in [0, 0.05) is 35.5 Å². The highest BCUT2D eigenvalue weighted by Crippen LogP contribution is 2.39. The summed E-state index contributed by atoms with van der Waals surface area (Å²) < 4.78 is 11.6. The van der Waals surface area contributed by atoms with Gasteiger partial charge in [0.15, 0.2) is 0 Å². The van der Waals surface area contributed by atoms with E-state index < -0.39 is 11.6 Å². The van der Waals surface area contributed by atoms with Crippen molar-refractivity contribution in [2.45, 2.75) is 63.0 Å². The maximum atomic E-state index is 14.2. The number of rotatable bonds is 11. The largest absolute Gasteiger partial charge is 0.457 e. The van der Waals surface area contributed by atoms with Crippen molar-refractivity contribution in [3.63, 3.8) is 0 Å². The highest BCUT2D eigenvalue weighted by Gasteiger charge is 2.40. The molecular formula is C39H41N3O4. The van der Waals surface area contributed by atoms with Gasteiger partial charge in [-0.15, -0.1) is 0 Å². The average molecular weight is 616 g/mol. The minimum Gasteiger partial charge on any atom is -0.457 e. The maximum absolute atomic E-state index is 14.2. The molecule has 1 aromatic heterocycles. The molecule has 2 amide bonds. The number of ether oxygens (including phenoxy) is 2. The fraction of sp³-hybridized carbons (Fsp3) is 0.282. The van der Waals surface area contributed by atoms with E-state index in [4.69, 9.17) is 9.47 Å². The molecule has 5 aromatic rings. The fourth-order valence-corrected chi connectivity index (χ4v) is 6.61. The second kappa shape index (κ2) is 13.9. The number of carbonyl (C=O) groups excluding carboxylic acids is 2. The molecule has 1 atom stereocenters. The summed E-state index contributed by atoms with van der Waals surface area (Å²) >= 11 is 0. The van der Waals surface area contributed by atoms with E-state index in [1.165, 1.54) is 12.0 Å². The molecule has 1 saturated carbocycles. The number of hydrogen-bond acceptors (Lipinski definition) is 4. The van der Waals surface area contributed by atoms with Gasteiger partial charge in [-0.1, -0.05) is 98.1 Å². The Hall–Kier alpha value is -5.04. The number of aromatic nitrogens is 1. The topological polar surface area (TPSA) is 92.5 Å². The van der Waals surface area contributed by atoms with E-state index >= 15 is 0 Å². The molecule has 7 heteroatoms. The second-order valence-electron chi connectivity index (χ2n) is 12.5. The molecule has 0 saturated heterocycles. The van der Waals surface area contributed by atoms with Crippen molar-refractivity contribution in [2.75, 3.05) is 6.54 Å². The molecule has 1 heterocycles. The van der Waals surface area contributed by atoms with E-state index in [2.05, 4.69) is 39.9 Å². The predicted octanol–water partition coefficient (Wildman–Crippen LogP) is 8.21. The Bertz CT molecular complexity index is 1760. The first kappa shape index (κ1) is 31.0. The third-order valence-corrected chi connectivity index (χ3v) is 9.13. The molecule has 0 bridgehead atoms. The Morgan fingerprint density at radius 2 is 1.52 bits per heavy atom. The van der Waals surface area contributed by atoms with Crippen molar-refractivity contribution >= 4 is 22.9 Å². The van der Waals surface area contributed by atoms with Gasteiger partial charge in [0.05, 0.1) is 0 Å². The van der Waals surface area contributed by atoms with Crippen molar-refractivity contribution < 1.29 is 19.1 Å². The van der Waals surface area contributed by atoms with Gasteiger partial charge >= 0.3 is 6.09 Å². The SMILES string of the molecule is CC(Cc1c[nH]c2ccccc12)(NC(=O)OCc1cccc(Oc2ccccc2)c1)C(=O)NCC1(c2ccccc2)CCCCC1. The molecule has 1 fully saturated rings. The summed E-state index contributed by atoms with van der Waals surface area (Å²) in [7, 11) is 0. The molecule has 3 N–H and O–H groups in total. The zero-order valence-electron chi connectivity index (χ0n) is 26.3. The lowest BCUT2D eigenvalue weighted by Crippen LogP contribution is -2.59. The van der Waals surface area contributed by atoms with Gasteiger partial charge in [-0.3, -0.25) is 4.79 Å². The predicted molar refractivity (Wildman–Crippen MR) is 181 cm³/mol. The number of benzene rings is 4. The third kappa shape index (κ3) is 7.26. The summed E-state index contributed by atoms with van der Waals surface area (Å²) in [6, 6.07) is 35.4. The second-order valence-corrected chi connectivity index (χ2v) is 12.5. The number of carbonyl (C=O) groups is 2. The Kier molecular flexibility index (Phi) is 9.38. The zero-order chi connectivity index (χ0) is 31.8. The number of aromatic amines is 1. The molecular weight excluding hydrogens is 574 g/mol. The van der Waals surface area contributed by atoms with Crippen LogP contribution in [-0.4, -0.2) is 29.1 Å². The van der Waals surface area contributed by atoms with E-state index in [1.54, 1.807) is 6.92 Å². The Morgan fingerprint density at radius 3 is 2.30 bits per heavy atom. The van der Waals surface area contributed by atoms with Gasteiger partial charge < -0.3 is 25.1 Å². The molecule has 46 heavy (non-hydrogen) atoms. The first-order valence-electron chi connectivity index (χ1n) is 16.1. The summed E-state index contributed by atoms with van der Waals surface area (Å²) in [6.45, 7) is 2.31. The molecule has 236 valence electrons. The van der Waals surface area contributed by atoms with Gasteiger partial charge in [0.1, 0.15) is 23.6 Å². The van der Waals surface area contributed by atoms with Crippen LogP contribution >= 0.6 is 0 Å². The van der Waals surface area contributed by atoms with Crippen molar-refractivity contribution in [2.24, 2.45) is 0 Å². The zero-order valence-corrected chi connectivity index (χ0v) is 26.3. The van der Waals surface area contributed by atoms with E-state index in [-0.39, 0.29) is 24.3 Å². The van der Waals surface area contributed by atoms with Gasteiger partial charge in [-0.2, -0.15) is 0 Å². The Morgan fingerprint density at radius 1 is 0.826 bits per heavy atom. The summed E-state index contributed by atoms with van der Waals surface area (Å²) in [5.74, 6) is 1.12. The fourth-order valence-electron chi connectivity index (χ4n) is 6.61. The van der Waals surface area contributed by atoms with Crippen LogP contribution in [0.4, 0.5) is 4.79 Å². The van der Waals surface area contributed by atoms with E-state index in [0.717, 1.165) is 53.5 Å². The normalized spacial score (nSPS) is 15.4. The summed E-state index contributed by atoms with van der Waals surface area (Å²) in [6.07, 6.45) is 7.01. The van der Waals surface area contributed by atoms with Crippen LogP contribution in [0, 0.1) is 0 Å². The van der Waals surface area contributed by atoms with E-state index in [0.29, 0.717) is 12.3 Å². The molecule has 1 aliphatic carbocycles. The van der Waals surface area contributed by atoms with Gasteiger partial charge in [0.25, 0.3) is 0 Å². The van der Waals surface area contributed by atoms with Crippen LogP contribution < -0.4 is 15.4 Å². The highest BCUT2D eigenvalue weighted by molar-refractivity contribution is 5.91. The van der Waals surface area contributed by atoms with Crippen LogP contribution in [0.2, 0.25) is 0 Å². The number of fused-ring (bicyclic) bond motifs is 1. The third-order valence-electron chi connectivity index (χ3n) is 9.13. The number of hydrogen-bond donors (Lipinski definition) is 3. The van der Waals surface area contributed by atoms with Crippen molar-refractivity contribution in [1.82, 2.24) is 15.6 Å². The lowest BCUT2D eigenvalue weighted by molar-refractivity contribution is -0.127. The van der Waals surface area contributed by atoms with Crippen LogP contribution in [0.15, 0.2) is 115 Å². The molecule has 0 aliphatic heterocycles. The lowest BCUT2D eigenvalue weighted by Gasteiger charge is -2.39. The highest BCUT2D eigenvalue weighted by atomic mass is 16.5. The molecule has 1 unspecified atom stereocenters. The van der Waals surface area contributed by atoms with Crippen molar-refractivity contribution in [3.05, 3.63) is 132 Å². The monoisotopic (exact) mass is 615 g/mol. The lowest BCUT2D eigenvalue weighted by atomic mass is 9.69. The quantitative estimate of drug-likeness (QED) is 0.140. The maximum Gasteiger partial charge on any atom is 0.408 e. The number of nitrogens with one attached hydrogen (secondary N) is 3. The van der Waals surface area contributed by atoms with Gasteiger partial charge in [0.2, 0.25) is 5.91 Å². The van der Waals surface area contributed by atoms with Gasteiger partial charge in [-0.05, 0) is 66.8 Å². The molecule has 4 aromatic carbocycles. The number of amides is 2. The van der Waals surface area contributed by atoms with Gasteiger partial charge in [-0.25, -0.2) is 4.79 Å². The van der Waals surface area contributed by atoms with Crippen LogP contribution in [-0.2, 0) is 28.0 Å². The molecule has 6 rings (SSSR count). The first-order valence-corrected chi connectivity index (χ1v) is 16.1. The van der Waals surface area contributed by atoms with Crippen LogP contribution in [0.5, 0.6) is 11.5 Å². The first-order chi connectivity index (χ1) is 22.4. The number of para-hydroxylation sites is 2. The van der Waals surface area contributed by atoms with Crippen molar-refractivity contribution in [3.8, 4) is 11.5 Å². The smallest absolute Gasteiger partial charge is 0.408 e. The minimum absolute atomic E-state index is 0.0275. The summed E-state index contributed by atoms with van der Waals surface area (Å²) in [4.78, 5) is 30.8. The number of alkyl carbamates (subject to hydrolysis) is 1. The minimum atomic E-state index is -1.27. The van der Waals surface area contributed by atoms with Crippen molar-refractivity contribution in [1.29, 1.82) is 0 Å². The molecule has 7 nitrogen and oxygen atoms in total. The Balaban J connectivity index is 1.18. The molecule has 0 spiro atoms. The average Bonchev–Trinajstić information content (AvgIpc) is 3.50. The molecule has 1 aliphatic rings. The Labute approximate surface area is 270 Å². The number of H-pyrrole nitrogens is 1. The summed E-state index contributed by atoms with van der Waals surface area (Å²) in [5, 5.41) is 7.22. The van der Waals surface area contributed by atoms with E-state index in [9.17, 15) is 9.59 Å². The van der Waals surface area contributed by atoms with Crippen LogP contribution in [0.3, 0.4) is 0 Å². The molecule has 0 radical (unpaired) electrons. The summed E-state index contributed by atoms with van der Waals surface area (Å²) in [5.41, 5.74) is 2.53.